The van der Waals surface area contributed by atoms with Gasteiger partial charge < -0.3 is 0 Å². The highest BCUT2D eigenvalue weighted by Gasteiger charge is 2.18. The molecule has 5 nitrogen and oxygen atoms in total. The average molecular weight is 312 g/mol. The molecule has 0 N–H and O–H groups in total. The van der Waals surface area contributed by atoms with E-state index in [2.05, 4.69) is 14.9 Å². The maximum absolute atomic E-state index is 12.6. The van der Waals surface area contributed by atoms with E-state index in [-0.39, 0.29) is 5.56 Å². The van der Waals surface area contributed by atoms with E-state index >= 15 is 0 Å². The van der Waals surface area contributed by atoms with Gasteiger partial charge in [-0.1, -0.05) is 0 Å². The Morgan fingerprint density at radius 3 is 2.86 bits per heavy atom. The number of pyridine rings is 1. The Kier molecular flexibility index (Phi) is 3.48. The summed E-state index contributed by atoms with van der Waals surface area (Å²) >= 11 is 1.54. The van der Waals surface area contributed by atoms with Crippen LogP contribution in [0.4, 0.5) is 0 Å². The Labute approximate surface area is 131 Å². The van der Waals surface area contributed by atoms with Crippen LogP contribution in [0, 0.1) is 0 Å². The van der Waals surface area contributed by atoms with Crippen LogP contribution in [-0.2, 0) is 19.5 Å². The number of fused-ring (bicyclic) bond motifs is 2. The molecule has 0 unspecified atom stereocenters. The topological polar surface area (TPSA) is 51.0 Å². The van der Waals surface area contributed by atoms with Gasteiger partial charge in [0.05, 0.1) is 5.39 Å². The molecule has 6 heteroatoms. The molecule has 0 spiro atoms. The molecule has 0 aliphatic carbocycles. The van der Waals surface area contributed by atoms with Crippen molar-refractivity contribution in [3.63, 3.8) is 0 Å². The van der Waals surface area contributed by atoms with E-state index in [1.54, 1.807) is 0 Å². The minimum Gasteiger partial charge on any atom is -0.297 e. The average Bonchev–Trinajstić information content (AvgIpc) is 2.92. The molecule has 3 aromatic rings. The molecule has 4 rings (SSSR count). The zero-order chi connectivity index (χ0) is 14.9. The first-order valence-electron chi connectivity index (χ1n) is 7.39. The quantitative estimate of drug-likeness (QED) is 0.725. The third kappa shape index (κ3) is 2.44. The van der Waals surface area contributed by atoms with Gasteiger partial charge in [-0.3, -0.25) is 19.2 Å². The Balaban J connectivity index is 1.60. The largest absolute Gasteiger partial charge is 0.297 e. The lowest BCUT2D eigenvalue weighted by Gasteiger charge is -2.19. The molecule has 1 aliphatic heterocycles. The van der Waals surface area contributed by atoms with E-state index in [1.165, 1.54) is 16.9 Å². The molecule has 0 amide bonds. The van der Waals surface area contributed by atoms with Gasteiger partial charge in [0.1, 0.15) is 10.7 Å². The minimum atomic E-state index is 0.104. The van der Waals surface area contributed by atoms with Crippen molar-refractivity contribution in [3.8, 4) is 0 Å². The van der Waals surface area contributed by atoms with Crippen LogP contribution in [-0.4, -0.2) is 32.5 Å². The minimum absolute atomic E-state index is 0.104. The number of hydrogen-bond acceptors (Lipinski definition) is 5. The van der Waals surface area contributed by atoms with Crippen molar-refractivity contribution in [1.29, 1.82) is 0 Å². The Bertz CT molecular complexity index is 855. The lowest BCUT2D eigenvalue weighted by molar-refractivity contribution is 0.271. The van der Waals surface area contributed by atoms with Gasteiger partial charge in [0.2, 0.25) is 0 Å². The van der Waals surface area contributed by atoms with Gasteiger partial charge in [-0.2, -0.15) is 0 Å². The second-order valence-corrected chi connectivity index (χ2v) is 6.40. The summed E-state index contributed by atoms with van der Waals surface area (Å²) in [4.78, 5) is 24.5. The Hall–Kier alpha value is -2.05. The molecule has 0 radical (unpaired) electrons. The van der Waals surface area contributed by atoms with E-state index in [1.807, 2.05) is 40.5 Å². The zero-order valence-electron chi connectivity index (χ0n) is 12.1. The Morgan fingerprint density at radius 2 is 2.00 bits per heavy atom. The SMILES string of the molecule is O=c1c2ccsc2nc2n1CCN(Cc1ccncc1)CC2. The summed E-state index contributed by atoms with van der Waals surface area (Å²) in [6, 6.07) is 5.96. The van der Waals surface area contributed by atoms with Crippen molar-refractivity contribution in [1.82, 2.24) is 19.4 Å². The normalized spacial score (nSPS) is 15.6. The van der Waals surface area contributed by atoms with Crippen LogP contribution in [0.15, 0.2) is 40.8 Å². The van der Waals surface area contributed by atoms with Crippen molar-refractivity contribution in [2.45, 2.75) is 19.5 Å². The maximum atomic E-state index is 12.6. The molecule has 0 saturated carbocycles. The van der Waals surface area contributed by atoms with Crippen LogP contribution < -0.4 is 5.56 Å². The first-order valence-corrected chi connectivity index (χ1v) is 8.27. The van der Waals surface area contributed by atoms with Crippen LogP contribution in [0.3, 0.4) is 0 Å². The summed E-state index contributed by atoms with van der Waals surface area (Å²) in [5.74, 6) is 0.914. The van der Waals surface area contributed by atoms with Crippen LogP contribution in [0.2, 0.25) is 0 Å². The molecule has 112 valence electrons. The number of thiophene rings is 1. The first-order chi connectivity index (χ1) is 10.8. The van der Waals surface area contributed by atoms with E-state index < -0.39 is 0 Å². The summed E-state index contributed by atoms with van der Waals surface area (Å²) in [5.41, 5.74) is 1.36. The second kappa shape index (κ2) is 5.62. The van der Waals surface area contributed by atoms with Gasteiger partial charge in [0.25, 0.3) is 5.56 Å². The predicted molar refractivity (Wildman–Crippen MR) is 87.1 cm³/mol. The van der Waals surface area contributed by atoms with Crippen molar-refractivity contribution >= 4 is 21.6 Å². The van der Waals surface area contributed by atoms with Crippen molar-refractivity contribution < 1.29 is 0 Å². The van der Waals surface area contributed by atoms with Crippen molar-refractivity contribution in [2.75, 3.05) is 13.1 Å². The van der Waals surface area contributed by atoms with E-state index in [4.69, 9.17) is 0 Å². The molecule has 1 aliphatic rings. The lowest BCUT2D eigenvalue weighted by Crippen LogP contribution is -2.28. The molecule has 0 saturated heterocycles. The van der Waals surface area contributed by atoms with Crippen molar-refractivity contribution in [3.05, 3.63) is 57.7 Å². The molecule has 0 fully saturated rings. The first kappa shape index (κ1) is 13.6. The molecular formula is C16H16N4OS. The molecule has 4 heterocycles. The lowest BCUT2D eigenvalue weighted by atomic mass is 10.2. The number of nitrogens with zero attached hydrogens (tertiary/aromatic N) is 4. The van der Waals surface area contributed by atoms with Gasteiger partial charge in [-0.05, 0) is 29.1 Å². The van der Waals surface area contributed by atoms with Crippen molar-refractivity contribution in [2.24, 2.45) is 0 Å². The van der Waals surface area contributed by atoms with E-state index in [0.717, 1.165) is 42.1 Å². The molecular weight excluding hydrogens is 296 g/mol. The summed E-state index contributed by atoms with van der Waals surface area (Å²) in [5, 5.41) is 2.69. The highest BCUT2D eigenvalue weighted by molar-refractivity contribution is 7.16. The van der Waals surface area contributed by atoms with E-state index in [9.17, 15) is 4.79 Å². The van der Waals surface area contributed by atoms with Crippen LogP contribution in [0.5, 0.6) is 0 Å². The zero-order valence-corrected chi connectivity index (χ0v) is 12.9. The molecule has 0 aromatic carbocycles. The standard InChI is InChI=1S/C16H16N4OS/c21-16-13-4-10-22-15(13)18-14-3-7-19(8-9-20(14)16)11-12-1-5-17-6-2-12/h1-2,4-6,10H,3,7-9,11H2. The molecule has 0 bridgehead atoms. The number of hydrogen-bond donors (Lipinski definition) is 0. The van der Waals surface area contributed by atoms with E-state index in [0.29, 0.717) is 6.54 Å². The van der Waals surface area contributed by atoms with Crippen LogP contribution in [0.25, 0.3) is 10.2 Å². The highest BCUT2D eigenvalue weighted by Crippen LogP contribution is 2.17. The van der Waals surface area contributed by atoms with Crippen LogP contribution >= 0.6 is 11.3 Å². The Morgan fingerprint density at radius 1 is 1.14 bits per heavy atom. The number of rotatable bonds is 2. The molecule has 0 atom stereocenters. The van der Waals surface area contributed by atoms with Gasteiger partial charge in [-0.15, -0.1) is 11.3 Å². The highest BCUT2D eigenvalue weighted by atomic mass is 32.1. The fraction of sp³-hybridized carbons (Fsp3) is 0.312. The summed E-state index contributed by atoms with van der Waals surface area (Å²) in [7, 11) is 0. The van der Waals surface area contributed by atoms with Gasteiger partial charge in [0, 0.05) is 45.0 Å². The monoisotopic (exact) mass is 312 g/mol. The summed E-state index contributed by atoms with van der Waals surface area (Å²) in [6.07, 6.45) is 4.46. The summed E-state index contributed by atoms with van der Waals surface area (Å²) in [6.45, 7) is 3.38. The second-order valence-electron chi connectivity index (χ2n) is 5.51. The number of aromatic nitrogens is 3. The van der Waals surface area contributed by atoms with Gasteiger partial charge >= 0.3 is 0 Å². The third-order valence-electron chi connectivity index (χ3n) is 4.11. The van der Waals surface area contributed by atoms with Gasteiger partial charge in [0.15, 0.2) is 0 Å². The third-order valence-corrected chi connectivity index (χ3v) is 4.92. The summed E-state index contributed by atoms with van der Waals surface area (Å²) < 4.78 is 1.85. The van der Waals surface area contributed by atoms with Gasteiger partial charge in [-0.25, -0.2) is 4.98 Å². The molecule has 22 heavy (non-hydrogen) atoms. The molecule has 3 aromatic heterocycles. The van der Waals surface area contributed by atoms with Crippen LogP contribution in [0.1, 0.15) is 11.4 Å². The fourth-order valence-corrected chi connectivity index (χ4v) is 3.70. The predicted octanol–water partition coefficient (Wildman–Crippen LogP) is 1.91. The smallest absolute Gasteiger partial charge is 0.262 e. The fourth-order valence-electron chi connectivity index (χ4n) is 2.93. The maximum Gasteiger partial charge on any atom is 0.262 e.